The largest absolute Gasteiger partial charge is 0.384 e. The van der Waals surface area contributed by atoms with E-state index in [0.29, 0.717) is 37.8 Å². The third-order valence-electron chi connectivity index (χ3n) is 3.76. The number of rotatable bonds is 7. The zero-order valence-corrected chi connectivity index (χ0v) is 15.0. The van der Waals surface area contributed by atoms with Gasteiger partial charge in [0, 0.05) is 42.3 Å². The molecule has 3 rings (SSSR count). The number of ether oxygens (including phenoxy) is 1. The van der Waals surface area contributed by atoms with E-state index in [1.165, 1.54) is 11.3 Å². The number of nitriles is 1. The van der Waals surface area contributed by atoms with Gasteiger partial charge in [-0.2, -0.15) is 5.26 Å². The number of thiophene rings is 2. The van der Waals surface area contributed by atoms with Crippen LogP contribution in [-0.4, -0.2) is 23.3 Å². The predicted molar refractivity (Wildman–Crippen MR) is 97.6 cm³/mol. The fraction of sp³-hybridized carbons (Fsp3) is 0.353. The molecule has 0 aromatic carbocycles. The Morgan fingerprint density at radius 1 is 1.42 bits per heavy atom. The molecule has 0 bridgehead atoms. The highest BCUT2D eigenvalue weighted by molar-refractivity contribution is 7.18. The monoisotopic (exact) mass is 359 g/mol. The van der Waals surface area contributed by atoms with Crippen molar-refractivity contribution in [3.8, 4) is 16.5 Å². The van der Waals surface area contributed by atoms with Crippen LogP contribution in [0.2, 0.25) is 0 Å². The number of nitrogens with zero attached hydrogens (tertiary/aromatic N) is 3. The second-order valence-corrected chi connectivity index (χ2v) is 7.10. The van der Waals surface area contributed by atoms with E-state index in [2.05, 4.69) is 6.07 Å². The van der Waals surface area contributed by atoms with Crippen molar-refractivity contribution >= 4 is 32.9 Å². The van der Waals surface area contributed by atoms with Gasteiger partial charge in [0.1, 0.15) is 10.7 Å². The first-order chi connectivity index (χ1) is 11.8. The highest BCUT2D eigenvalue weighted by Gasteiger charge is 2.17. The highest BCUT2D eigenvalue weighted by Crippen LogP contribution is 2.33. The first-order valence-corrected chi connectivity index (χ1v) is 9.43. The topological polar surface area (TPSA) is 67.9 Å². The summed E-state index contributed by atoms with van der Waals surface area (Å²) in [5.74, 6) is 0.729. The first kappa shape index (κ1) is 16.8. The van der Waals surface area contributed by atoms with Crippen molar-refractivity contribution in [1.82, 2.24) is 9.55 Å². The van der Waals surface area contributed by atoms with Crippen LogP contribution in [0.15, 0.2) is 27.7 Å². The van der Waals surface area contributed by atoms with Gasteiger partial charge in [-0.3, -0.25) is 9.36 Å². The Hall–Kier alpha value is -2.01. The molecule has 0 atom stereocenters. The minimum atomic E-state index is -0.0197. The fourth-order valence-corrected chi connectivity index (χ4v) is 4.38. The molecule has 24 heavy (non-hydrogen) atoms. The van der Waals surface area contributed by atoms with Crippen molar-refractivity contribution in [2.45, 2.75) is 25.8 Å². The van der Waals surface area contributed by atoms with Crippen LogP contribution in [-0.2, 0) is 17.7 Å². The lowest BCUT2D eigenvalue weighted by Gasteiger charge is -2.12. The number of hydrogen-bond donors (Lipinski definition) is 0. The van der Waals surface area contributed by atoms with E-state index < -0.39 is 0 Å². The molecule has 0 amide bonds. The average molecular weight is 359 g/mol. The molecule has 5 nitrogen and oxygen atoms in total. The second-order valence-electron chi connectivity index (χ2n) is 5.30. The quantitative estimate of drug-likeness (QED) is 0.604. The minimum Gasteiger partial charge on any atom is -0.384 e. The number of unbranched alkanes of at least 4 members (excludes halogenated alkanes) is 1. The van der Waals surface area contributed by atoms with Crippen molar-refractivity contribution in [1.29, 1.82) is 5.26 Å². The van der Waals surface area contributed by atoms with Crippen LogP contribution in [0.1, 0.15) is 18.7 Å². The summed E-state index contributed by atoms with van der Waals surface area (Å²) in [7, 11) is 1.64. The Balaban J connectivity index is 2.12. The highest BCUT2D eigenvalue weighted by atomic mass is 32.1. The zero-order chi connectivity index (χ0) is 16.9. The Kier molecular flexibility index (Phi) is 5.41. The zero-order valence-electron chi connectivity index (χ0n) is 13.3. The molecule has 3 heterocycles. The lowest BCUT2D eigenvalue weighted by Crippen LogP contribution is -2.26. The number of aromatic nitrogens is 2. The molecule has 0 spiro atoms. The number of methoxy groups -OCH3 is 1. The van der Waals surface area contributed by atoms with Crippen molar-refractivity contribution in [3.63, 3.8) is 0 Å². The van der Waals surface area contributed by atoms with Gasteiger partial charge in [-0.05, 0) is 17.9 Å². The predicted octanol–water partition coefficient (Wildman–Crippen LogP) is 3.68. The third-order valence-corrected chi connectivity index (χ3v) is 5.53. The van der Waals surface area contributed by atoms with Crippen LogP contribution in [0.25, 0.3) is 20.7 Å². The molecule has 0 N–H and O–H groups in total. The Bertz CT molecular complexity index is 920. The molecule has 124 valence electrons. The summed E-state index contributed by atoms with van der Waals surface area (Å²) >= 11 is 3.12. The molecule has 3 aromatic rings. The molecule has 0 saturated heterocycles. The normalized spacial score (nSPS) is 11.0. The van der Waals surface area contributed by atoms with Crippen molar-refractivity contribution < 1.29 is 4.74 Å². The van der Waals surface area contributed by atoms with E-state index in [1.54, 1.807) is 23.0 Å². The Labute approximate surface area is 147 Å². The standard InChI is InChI=1S/C17H17N3O2S2/c1-22-9-6-14-19-16-15(17(21)20(14)8-3-2-7-18)12(11-24-16)13-5-4-10-23-13/h4-5,10-11H,2-3,6,8-9H2,1H3. The summed E-state index contributed by atoms with van der Waals surface area (Å²) in [4.78, 5) is 19.6. The summed E-state index contributed by atoms with van der Waals surface area (Å²) in [5.41, 5.74) is 0.934. The minimum absolute atomic E-state index is 0.0197. The van der Waals surface area contributed by atoms with E-state index in [9.17, 15) is 4.79 Å². The van der Waals surface area contributed by atoms with Gasteiger partial charge < -0.3 is 4.74 Å². The third kappa shape index (κ3) is 3.26. The molecule has 0 aliphatic rings. The van der Waals surface area contributed by atoms with Crippen LogP contribution >= 0.6 is 22.7 Å². The van der Waals surface area contributed by atoms with Gasteiger partial charge in [-0.15, -0.1) is 22.7 Å². The first-order valence-electron chi connectivity index (χ1n) is 7.67. The average Bonchev–Trinajstić information content (AvgIpc) is 3.24. The van der Waals surface area contributed by atoms with Crippen LogP contribution in [0.3, 0.4) is 0 Å². The Morgan fingerprint density at radius 3 is 3.00 bits per heavy atom. The van der Waals surface area contributed by atoms with Crippen LogP contribution in [0, 0.1) is 11.3 Å². The smallest absolute Gasteiger partial charge is 0.262 e. The second kappa shape index (κ2) is 7.71. The fourth-order valence-electron chi connectivity index (χ4n) is 2.61. The van der Waals surface area contributed by atoms with Gasteiger partial charge in [0.15, 0.2) is 0 Å². The maximum absolute atomic E-state index is 13.1. The van der Waals surface area contributed by atoms with Crippen LogP contribution < -0.4 is 5.56 Å². The van der Waals surface area contributed by atoms with Crippen molar-refractivity contribution in [2.24, 2.45) is 0 Å². The van der Waals surface area contributed by atoms with E-state index in [0.717, 1.165) is 21.1 Å². The van der Waals surface area contributed by atoms with Gasteiger partial charge in [0.05, 0.1) is 18.1 Å². The number of fused-ring (bicyclic) bond motifs is 1. The summed E-state index contributed by atoms with van der Waals surface area (Å²) in [6.07, 6.45) is 1.65. The molecular formula is C17H17N3O2S2. The van der Waals surface area contributed by atoms with E-state index in [4.69, 9.17) is 15.0 Å². The van der Waals surface area contributed by atoms with Gasteiger partial charge in [0.25, 0.3) is 5.56 Å². The van der Waals surface area contributed by atoms with Crippen LogP contribution in [0.5, 0.6) is 0 Å². The summed E-state index contributed by atoms with van der Waals surface area (Å²) in [6.45, 7) is 1.02. The van der Waals surface area contributed by atoms with Crippen molar-refractivity contribution in [3.05, 3.63) is 39.1 Å². The summed E-state index contributed by atoms with van der Waals surface area (Å²) in [6, 6.07) is 6.13. The van der Waals surface area contributed by atoms with Crippen molar-refractivity contribution in [2.75, 3.05) is 13.7 Å². The van der Waals surface area contributed by atoms with Gasteiger partial charge in [-0.1, -0.05) is 6.07 Å². The molecule has 7 heteroatoms. The number of hydrogen-bond acceptors (Lipinski definition) is 6. The maximum Gasteiger partial charge on any atom is 0.262 e. The molecule has 0 radical (unpaired) electrons. The lowest BCUT2D eigenvalue weighted by atomic mass is 10.2. The van der Waals surface area contributed by atoms with Gasteiger partial charge in [0.2, 0.25) is 0 Å². The van der Waals surface area contributed by atoms with Crippen LogP contribution in [0.4, 0.5) is 0 Å². The molecule has 3 aromatic heterocycles. The van der Waals surface area contributed by atoms with E-state index in [-0.39, 0.29) is 5.56 Å². The molecule has 0 aliphatic carbocycles. The molecule has 0 aliphatic heterocycles. The lowest BCUT2D eigenvalue weighted by molar-refractivity contribution is 0.199. The summed E-state index contributed by atoms with van der Waals surface area (Å²) < 4.78 is 6.85. The van der Waals surface area contributed by atoms with E-state index >= 15 is 0 Å². The Morgan fingerprint density at radius 2 is 2.29 bits per heavy atom. The van der Waals surface area contributed by atoms with Gasteiger partial charge in [-0.25, -0.2) is 4.98 Å². The SMILES string of the molecule is COCCc1nc2scc(-c3cccs3)c2c(=O)n1CCCC#N. The summed E-state index contributed by atoms with van der Waals surface area (Å²) in [5, 5.41) is 13.5. The molecule has 0 saturated carbocycles. The van der Waals surface area contributed by atoms with Gasteiger partial charge >= 0.3 is 0 Å². The molecule has 0 unspecified atom stereocenters. The van der Waals surface area contributed by atoms with E-state index in [1.807, 2.05) is 22.9 Å². The maximum atomic E-state index is 13.1. The molecule has 0 fully saturated rings. The molecular weight excluding hydrogens is 342 g/mol.